The van der Waals surface area contributed by atoms with E-state index in [1.54, 1.807) is 12.1 Å². The van der Waals surface area contributed by atoms with E-state index in [1.807, 2.05) is 72.8 Å². The van der Waals surface area contributed by atoms with Crippen molar-refractivity contribution in [2.45, 2.75) is 12.3 Å². The molecule has 1 atom stereocenters. The number of rotatable bonds is 3. The highest BCUT2D eigenvalue weighted by molar-refractivity contribution is 6.00. The van der Waals surface area contributed by atoms with Gasteiger partial charge >= 0.3 is 12.1 Å². The first-order valence-electron chi connectivity index (χ1n) is 11.0. The van der Waals surface area contributed by atoms with Gasteiger partial charge in [0.05, 0.1) is 11.1 Å². The molecule has 1 aliphatic rings. The van der Waals surface area contributed by atoms with Crippen molar-refractivity contribution in [3.63, 3.8) is 0 Å². The number of cyclic esters (lactones) is 1. The number of alkyl halides is 3. The minimum Gasteiger partial charge on any atom is -0.448 e. The van der Waals surface area contributed by atoms with Gasteiger partial charge in [0.25, 0.3) is 0 Å². The van der Waals surface area contributed by atoms with Crippen LogP contribution >= 0.6 is 0 Å². The summed E-state index contributed by atoms with van der Waals surface area (Å²) in [6.45, 7) is 0. The molecule has 5 heteroatoms. The number of carbonyl (C=O) groups excluding carboxylic acids is 1. The maximum atomic E-state index is 13.1. The summed E-state index contributed by atoms with van der Waals surface area (Å²) in [5, 5.41) is 0. The third kappa shape index (κ3) is 4.54. The predicted molar refractivity (Wildman–Crippen MR) is 128 cm³/mol. The normalized spacial score (nSPS) is 15.1. The fourth-order valence-corrected chi connectivity index (χ4v) is 4.14. The lowest BCUT2D eigenvalue weighted by molar-refractivity contribution is -0.137. The van der Waals surface area contributed by atoms with E-state index in [1.165, 1.54) is 12.1 Å². The van der Waals surface area contributed by atoms with Gasteiger partial charge in [0, 0.05) is 16.7 Å². The molecule has 0 amide bonds. The molecule has 0 saturated heterocycles. The van der Waals surface area contributed by atoms with Crippen LogP contribution in [0.3, 0.4) is 0 Å². The van der Waals surface area contributed by atoms with Crippen LogP contribution in [0.25, 0.3) is 11.1 Å². The summed E-state index contributed by atoms with van der Waals surface area (Å²) in [4.78, 5) is 12.8. The zero-order valence-corrected chi connectivity index (χ0v) is 18.4. The second-order valence-corrected chi connectivity index (χ2v) is 8.10. The molecule has 0 radical (unpaired) electrons. The largest absolute Gasteiger partial charge is 0.448 e. The Hall–Kier alpha value is -4.34. The van der Waals surface area contributed by atoms with Gasteiger partial charge in [-0.15, -0.1) is 5.73 Å². The van der Waals surface area contributed by atoms with Crippen LogP contribution in [0.1, 0.15) is 44.3 Å². The highest BCUT2D eigenvalue weighted by atomic mass is 19.4. The highest BCUT2D eigenvalue weighted by Crippen LogP contribution is 2.41. The molecule has 0 bridgehead atoms. The molecule has 35 heavy (non-hydrogen) atoms. The number of halogens is 3. The quantitative estimate of drug-likeness (QED) is 0.227. The predicted octanol–water partition coefficient (Wildman–Crippen LogP) is 7.73. The van der Waals surface area contributed by atoms with E-state index >= 15 is 0 Å². The first-order chi connectivity index (χ1) is 16.9. The third-order valence-electron chi connectivity index (χ3n) is 5.85. The van der Waals surface area contributed by atoms with Crippen molar-refractivity contribution < 1.29 is 22.7 Å². The van der Waals surface area contributed by atoms with Gasteiger partial charge < -0.3 is 4.74 Å². The summed E-state index contributed by atoms with van der Waals surface area (Å²) in [5.74, 6) is -0.531. The molecule has 0 saturated carbocycles. The Morgan fingerprint density at radius 1 is 0.686 bits per heavy atom. The zero-order valence-electron chi connectivity index (χ0n) is 18.4. The monoisotopic (exact) mass is 468 g/mol. The van der Waals surface area contributed by atoms with Crippen LogP contribution in [0.4, 0.5) is 13.2 Å². The van der Waals surface area contributed by atoms with Gasteiger partial charge in [-0.3, -0.25) is 0 Å². The Kier molecular flexibility index (Phi) is 5.86. The highest BCUT2D eigenvalue weighted by Gasteiger charge is 2.34. The van der Waals surface area contributed by atoms with Crippen molar-refractivity contribution in [1.29, 1.82) is 0 Å². The van der Waals surface area contributed by atoms with E-state index in [9.17, 15) is 18.0 Å². The maximum absolute atomic E-state index is 13.1. The minimum atomic E-state index is -4.46. The molecule has 1 heterocycles. The van der Waals surface area contributed by atoms with Crippen molar-refractivity contribution in [1.82, 2.24) is 0 Å². The zero-order chi connectivity index (χ0) is 24.4. The van der Waals surface area contributed by atoms with Crippen LogP contribution in [-0.2, 0) is 10.9 Å². The average molecular weight is 468 g/mol. The van der Waals surface area contributed by atoms with Crippen LogP contribution in [0.2, 0.25) is 0 Å². The smallest absolute Gasteiger partial charge is 0.416 e. The Morgan fingerprint density at radius 3 is 1.74 bits per heavy atom. The van der Waals surface area contributed by atoms with E-state index < -0.39 is 23.8 Å². The lowest BCUT2D eigenvalue weighted by Crippen LogP contribution is -2.21. The van der Waals surface area contributed by atoms with Crippen molar-refractivity contribution in [3.05, 3.63) is 148 Å². The maximum Gasteiger partial charge on any atom is 0.416 e. The molecule has 0 aliphatic carbocycles. The fourth-order valence-electron chi connectivity index (χ4n) is 4.14. The molecule has 0 aromatic heterocycles. The second-order valence-electron chi connectivity index (χ2n) is 8.10. The topological polar surface area (TPSA) is 26.3 Å². The van der Waals surface area contributed by atoms with Gasteiger partial charge in [-0.2, -0.15) is 13.2 Å². The first kappa shape index (κ1) is 22.5. The Morgan fingerprint density at radius 2 is 1.20 bits per heavy atom. The molecule has 0 N–H and O–H groups in total. The van der Waals surface area contributed by atoms with Crippen LogP contribution in [0.15, 0.2) is 115 Å². The molecule has 1 aliphatic heterocycles. The van der Waals surface area contributed by atoms with Gasteiger partial charge in [-0.1, -0.05) is 91.0 Å². The molecule has 4 aromatic carbocycles. The van der Waals surface area contributed by atoms with Gasteiger partial charge in [0.1, 0.15) is 0 Å². The Labute approximate surface area is 200 Å². The number of carbonyl (C=O) groups is 1. The summed E-state index contributed by atoms with van der Waals surface area (Å²) < 4.78 is 45.2. The summed E-state index contributed by atoms with van der Waals surface area (Å²) >= 11 is 0. The lowest BCUT2D eigenvalue weighted by Gasteiger charge is -2.27. The molecular weight excluding hydrogens is 449 g/mol. The van der Waals surface area contributed by atoms with E-state index in [4.69, 9.17) is 4.74 Å². The van der Waals surface area contributed by atoms with E-state index in [2.05, 4.69) is 5.73 Å². The SMILES string of the molecule is O=C1OC(c2ccc(C(F)(F)F)cc2)C(=C=C(c2ccccc2)c2ccccc2)c2ccccc21. The van der Waals surface area contributed by atoms with Crippen LogP contribution in [-0.4, -0.2) is 5.97 Å². The molecular formula is C30H19F3O2. The third-order valence-corrected chi connectivity index (χ3v) is 5.85. The summed E-state index contributed by atoms with van der Waals surface area (Å²) in [6.07, 6.45) is -5.37. The summed E-state index contributed by atoms with van der Waals surface area (Å²) in [5.41, 5.74) is 7.36. The first-order valence-corrected chi connectivity index (χ1v) is 11.0. The van der Waals surface area contributed by atoms with Crippen molar-refractivity contribution >= 4 is 17.1 Å². The number of ether oxygens (including phenoxy) is 1. The van der Waals surface area contributed by atoms with Gasteiger partial charge in [-0.05, 0) is 34.9 Å². The standard InChI is InChI=1S/C30H19F3O2/c31-30(32,33)23-17-15-22(16-18-23)28-27(24-13-7-8-14-25(24)29(34)35-28)19-26(20-9-3-1-4-10-20)21-11-5-2-6-12-21/h1-18,28H. The van der Waals surface area contributed by atoms with Crippen LogP contribution in [0.5, 0.6) is 0 Å². The molecule has 2 nitrogen and oxygen atoms in total. The van der Waals surface area contributed by atoms with E-state index in [-0.39, 0.29) is 0 Å². The van der Waals surface area contributed by atoms with E-state index in [0.29, 0.717) is 22.3 Å². The fraction of sp³-hybridized carbons (Fsp3) is 0.0667. The molecule has 5 rings (SSSR count). The average Bonchev–Trinajstić information content (AvgIpc) is 2.89. The lowest BCUT2D eigenvalue weighted by atomic mass is 9.87. The second kappa shape index (κ2) is 9.13. The minimum absolute atomic E-state index is 0.388. The Bertz CT molecular complexity index is 1390. The number of fused-ring (bicyclic) bond motifs is 1. The van der Waals surface area contributed by atoms with E-state index in [0.717, 1.165) is 28.8 Å². The number of benzene rings is 4. The molecule has 172 valence electrons. The van der Waals surface area contributed by atoms with Gasteiger partial charge in [0.15, 0.2) is 6.10 Å². The molecule has 1 unspecified atom stereocenters. The number of esters is 1. The summed E-state index contributed by atoms with van der Waals surface area (Å²) in [6, 6.07) is 31.1. The van der Waals surface area contributed by atoms with Gasteiger partial charge in [0.2, 0.25) is 0 Å². The number of hydrogen-bond donors (Lipinski definition) is 0. The molecule has 0 spiro atoms. The van der Waals surface area contributed by atoms with Crippen molar-refractivity contribution in [3.8, 4) is 0 Å². The van der Waals surface area contributed by atoms with Crippen molar-refractivity contribution in [2.24, 2.45) is 0 Å². The van der Waals surface area contributed by atoms with Crippen LogP contribution < -0.4 is 0 Å². The Balaban J connectivity index is 1.78. The van der Waals surface area contributed by atoms with Crippen LogP contribution in [0, 0.1) is 0 Å². The van der Waals surface area contributed by atoms with Gasteiger partial charge in [-0.25, -0.2) is 4.79 Å². The van der Waals surface area contributed by atoms with Crippen molar-refractivity contribution in [2.75, 3.05) is 0 Å². The summed E-state index contributed by atoms with van der Waals surface area (Å²) in [7, 11) is 0. The number of hydrogen-bond acceptors (Lipinski definition) is 2. The molecule has 4 aromatic rings. The molecule has 0 fully saturated rings.